The summed E-state index contributed by atoms with van der Waals surface area (Å²) in [5, 5.41) is 7.84. The molecule has 1 aromatic heterocycles. The van der Waals surface area contributed by atoms with Gasteiger partial charge in [0.15, 0.2) is 0 Å². The number of amides is 1. The Bertz CT molecular complexity index is 1050. The molecule has 1 aliphatic heterocycles. The van der Waals surface area contributed by atoms with Gasteiger partial charge in [-0.25, -0.2) is 0 Å². The van der Waals surface area contributed by atoms with Crippen LogP contribution >= 0.6 is 11.6 Å². The zero-order valence-corrected chi connectivity index (χ0v) is 19.0. The zero-order chi connectivity index (χ0) is 22.5. The number of carbonyl (C=O) groups excluding carboxylic acids is 1. The number of piperidine rings is 1. The lowest BCUT2D eigenvalue weighted by molar-refractivity contribution is -0.127. The molecule has 32 heavy (non-hydrogen) atoms. The summed E-state index contributed by atoms with van der Waals surface area (Å²) < 4.78 is 10.6. The fourth-order valence-electron chi connectivity index (χ4n) is 3.92. The minimum absolute atomic E-state index is 0.0108. The maximum absolute atomic E-state index is 12.8. The van der Waals surface area contributed by atoms with Crippen LogP contribution in [0.1, 0.15) is 37.3 Å². The fraction of sp³-hybridized carbons (Fsp3) is 0.375. The number of nitrogens with zero attached hydrogens (tertiary/aromatic N) is 3. The summed E-state index contributed by atoms with van der Waals surface area (Å²) in [5.74, 6) is 2.02. The topological polar surface area (TPSA) is 80.5 Å². The predicted molar refractivity (Wildman–Crippen MR) is 122 cm³/mol. The van der Waals surface area contributed by atoms with Crippen molar-refractivity contribution in [2.24, 2.45) is 5.92 Å². The Labute approximate surface area is 192 Å². The highest BCUT2D eigenvalue weighted by Crippen LogP contribution is 2.23. The SMILES string of the molecule is COc1ccc(C(C)NC(=O)C2CCN(Cc3nc(-c4cccc(Cl)c4)no3)CC2)cc1. The molecule has 0 spiro atoms. The number of benzene rings is 2. The second kappa shape index (κ2) is 10.1. The van der Waals surface area contributed by atoms with E-state index < -0.39 is 0 Å². The third-order valence-corrected chi connectivity index (χ3v) is 6.08. The van der Waals surface area contributed by atoms with Crippen molar-refractivity contribution in [3.05, 3.63) is 65.0 Å². The van der Waals surface area contributed by atoms with E-state index in [0.29, 0.717) is 23.3 Å². The normalized spacial score (nSPS) is 16.0. The van der Waals surface area contributed by atoms with Gasteiger partial charge in [-0.15, -0.1) is 0 Å². The van der Waals surface area contributed by atoms with E-state index in [1.54, 1.807) is 7.11 Å². The van der Waals surface area contributed by atoms with Gasteiger partial charge in [0, 0.05) is 16.5 Å². The standard InChI is InChI=1S/C24H27ClN4O3/c1-16(17-6-8-21(31-2)9-7-17)26-24(30)18-10-12-29(13-11-18)15-22-27-23(28-32-22)19-4-3-5-20(25)14-19/h3-9,14,16,18H,10-13,15H2,1-2H3,(H,26,30). The van der Waals surface area contributed by atoms with Crippen LogP contribution in [-0.4, -0.2) is 41.1 Å². The van der Waals surface area contributed by atoms with Crippen LogP contribution in [0.15, 0.2) is 53.1 Å². The quantitative estimate of drug-likeness (QED) is 0.566. The van der Waals surface area contributed by atoms with E-state index in [4.69, 9.17) is 20.9 Å². The molecule has 0 saturated carbocycles. The minimum Gasteiger partial charge on any atom is -0.497 e. The van der Waals surface area contributed by atoms with Crippen LogP contribution in [0.5, 0.6) is 5.75 Å². The van der Waals surface area contributed by atoms with E-state index in [1.807, 2.05) is 55.5 Å². The molecule has 1 unspecified atom stereocenters. The van der Waals surface area contributed by atoms with Crippen molar-refractivity contribution in [2.45, 2.75) is 32.4 Å². The van der Waals surface area contributed by atoms with Crippen LogP contribution in [-0.2, 0) is 11.3 Å². The average molecular weight is 455 g/mol. The molecule has 2 heterocycles. The first kappa shape index (κ1) is 22.3. The third kappa shape index (κ3) is 5.47. The van der Waals surface area contributed by atoms with E-state index in [1.165, 1.54) is 0 Å². The first-order chi connectivity index (χ1) is 15.5. The Kier molecular flexibility index (Phi) is 7.07. The second-order valence-corrected chi connectivity index (χ2v) is 8.51. The van der Waals surface area contributed by atoms with Crippen molar-refractivity contribution in [3.63, 3.8) is 0 Å². The summed E-state index contributed by atoms with van der Waals surface area (Å²) in [5.41, 5.74) is 1.89. The lowest BCUT2D eigenvalue weighted by atomic mass is 9.95. The van der Waals surface area contributed by atoms with Gasteiger partial charge in [0.1, 0.15) is 5.75 Å². The third-order valence-electron chi connectivity index (χ3n) is 5.84. The smallest absolute Gasteiger partial charge is 0.241 e. The van der Waals surface area contributed by atoms with Gasteiger partial charge >= 0.3 is 0 Å². The number of carbonyl (C=O) groups is 1. The molecule has 1 amide bonds. The van der Waals surface area contributed by atoms with Gasteiger partial charge in [0.05, 0.1) is 19.7 Å². The van der Waals surface area contributed by atoms with Gasteiger partial charge in [-0.2, -0.15) is 4.98 Å². The largest absolute Gasteiger partial charge is 0.497 e. The highest BCUT2D eigenvalue weighted by atomic mass is 35.5. The first-order valence-corrected chi connectivity index (χ1v) is 11.1. The van der Waals surface area contributed by atoms with Gasteiger partial charge in [0.2, 0.25) is 17.6 Å². The van der Waals surface area contributed by atoms with Crippen LogP contribution in [0.4, 0.5) is 0 Å². The molecular formula is C24H27ClN4O3. The molecule has 1 atom stereocenters. The molecule has 0 bridgehead atoms. The lowest BCUT2D eigenvalue weighted by Crippen LogP contribution is -2.40. The number of hydrogen-bond acceptors (Lipinski definition) is 6. The summed E-state index contributed by atoms with van der Waals surface area (Å²) in [6, 6.07) is 15.1. The number of likely N-dealkylation sites (tertiary alicyclic amines) is 1. The molecule has 1 saturated heterocycles. The Morgan fingerprint density at radius 1 is 1.25 bits per heavy atom. The number of methoxy groups -OCH3 is 1. The molecule has 1 aliphatic rings. The summed E-state index contributed by atoms with van der Waals surface area (Å²) in [4.78, 5) is 19.5. The van der Waals surface area contributed by atoms with Crippen molar-refractivity contribution >= 4 is 17.5 Å². The molecule has 4 rings (SSSR count). The highest BCUT2D eigenvalue weighted by molar-refractivity contribution is 6.30. The van der Waals surface area contributed by atoms with E-state index in [0.717, 1.165) is 42.8 Å². The van der Waals surface area contributed by atoms with E-state index in [-0.39, 0.29) is 17.9 Å². The molecule has 168 valence electrons. The summed E-state index contributed by atoms with van der Waals surface area (Å²) in [6.45, 7) is 4.19. The number of rotatable bonds is 7. The Hall–Kier alpha value is -2.90. The zero-order valence-electron chi connectivity index (χ0n) is 18.3. The van der Waals surface area contributed by atoms with Gasteiger partial charge in [0.25, 0.3) is 0 Å². The van der Waals surface area contributed by atoms with Gasteiger partial charge in [-0.3, -0.25) is 9.69 Å². The Balaban J connectivity index is 1.26. The van der Waals surface area contributed by atoms with E-state index in [2.05, 4.69) is 20.4 Å². The summed E-state index contributed by atoms with van der Waals surface area (Å²) >= 11 is 6.04. The molecule has 0 aliphatic carbocycles. The summed E-state index contributed by atoms with van der Waals surface area (Å²) in [7, 11) is 1.64. The van der Waals surface area contributed by atoms with Crippen molar-refractivity contribution < 1.29 is 14.1 Å². The maximum atomic E-state index is 12.8. The van der Waals surface area contributed by atoms with Crippen molar-refractivity contribution in [1.82, 2.24) is 20.4 Å². The van der Waals surface area contributed by atoms with E-state index >= 15 is 0 Å². The van der Waals surface area contributed by atoms with Crippen LogP contribution in [0.25, 0.3) is 11.4 Å². The van der Waals surface area contributed by atoms with E-state index in [9.17, 15) is 4.79 Å². The molecule has 8 heteroatoms. The molecule has 7 nitrogen and oxygen atoms in total. The van der Waals surface area contributed by atoms with Crippen molar-refractivity contribution in [2.75, 3.05) is 20.2 Å². The van der Waals surface area contributed by atoms with Gasteiger partial charge in [-0.1, -0.05) is 41.0 Å². The summed E-state index contributed by atoms with van der Waals surface area (Å²) in [6.07, 6.45) is 1.60. The van der Waals surface area contributed by atoms with Crippen LogP contribution < -0.4 is 10.1 Å². The van der Waals surface area contributed by atoms with Crippen LogP contribution in [0.3, 0.4) is 0 Å². The number of ether oxygens (including phenoxy) is 1. The Morgan fingerprint density at radius 2 is 2.00 bits per heavy atom. The second-order valence-electron chi connectivity index (χ2n) is 8.08. The maximum Gasteiger partial charge on any atom is 0.241 e. The average Bonchev–Trinajstić information content (AvgIpc) is 3.28. The van der Waals surface area contributed by atoms with Crippen LogP contribution in [0, 0.1) is 5.92 Å². The lowest BCUT2D eigenvalue weighted by Gasteiger charge is -2.30. The highest BCUT2D eigenvalue weighted by Gasteiger charge is 2.27. The van der Waals surface area contributed by atoms with Crippen molar-refractivity contribution in [1.29, 1.82) is 0 Å². The Morgan fingerprint density at radius 3 is 2.69 bits per heavy atom. The minimum atomic E-state index is -0.0465. The first-order valence-electron chi connectivity index (χ1n) is 10.8. The van der Waals surface area contributed by atoms with Crippen molar-refractivity contribution in [3.8, 4) is 17.1 Å². The molecule has 1 N–H and O–H groups in total. The van der Waals surface area contributed by atoms with Gasteiger partial charge < -0.3 is 14.6 Å². The predicted octanol–water partition coefficient (Wildman–Crippen LogP) is 4.49. The molecule has 2 aromatic carbocycles. The van der Waals surface area contributed by atoms with Gasteiger partial charge in [-0.05, 0) is 62.7 Å². The number of nitrogens with one attached hydrogen (secondary N) is 1. The number of halogens is 1. The number of aromatic nitrogens is 2. The monoisotopic (exact) mass is 454 g/mol. The molecule has 1 fully saturated rings. The fourth-order valence-corrected chi connectivity index (χ4v) is 4.11. The van der Waals surface area contributed by atoms with Crippen LogP contribution in [0.2, 0.25) is 5.02 Å². The molecule has 3 aromatic rings. The molecular weight excluding hydrogens is 428 g/mol. The number of hydrogen-bond donors (Lipinski definition) is 1. The molecule has 0 radical (unpaired) electrons.